The number of ether oxygens (including phenoxy) is 1. The molecule has 0 aromatic carbocycles. The lowest BCUT2D eigenvalue weighted by Gasteiger charge is -2.25. The van der Waals surface area contributed by atoms with Crippen molar-refractivity contribution < 1.29 is 14.6 Å². The van der Waals surface area contributed by atoms with E-state index in [1.54, 1.807) is 6.08 Å². The lowest BCUT2D eigenvalue weighted by atomic mass is 9.93. The molecule has 1 unspecified atom stereocenters. The molecule has 0 radical (unpaired) electrons. The van der Waals surface area contributed by atoms with Crippen LogP contribution < -0.4 is 0 Å². The monoisotopic (exact) mass is 170 g/mol. The molecule has 0 spiro atoms. The van der Waals surface area contributed by atoms with Crippen LogP contribution in [-0.2, 0) is 9.53 Å². The van der Waals surface area contributed by atoms with Gasteiger partial charge in [0.15, 0.2) is 0 Å². The smallest absolute Gasteiger partial charge is 0.306 e. The van der Waals surface area contributed by atoms with Gasteiger partial charge in [0.1, 0.15) is 5.60 Å². The van der Waals surface area contributed by atoms with E-state index in [2.05, 4.69) is 6.58 Å². The van der Waals surface area contributed by atoms with Crippen molar-refractivity contribution in [2.24, 2.45) is 0 Å². The first kappa shape index (κ1) is 9.26. The topological polar surface area (TPSA) is 46.5 Å². The Morgan fingerprint density at radius 3 is 2.92 bits per heavy atom. The Bertz CT molecular complexity index is 188. The molecule has 0 saturated carbocycles. The summed E-state index contributed by atoms with van der Waals surface area (Å²) in [5, 5.41) is 8.78. The van der Waals surface area contributed by atoms with Gasteiger partial charge in [0, 0.05) is 25.9 Å². The van der Waals surface area contributed by atoms with Crippen LogP contribution in [0.2, 0.25) is 0 Å². The number of hydrogen-bond acceptors (Lipinski definition) is 3. The summed E-state index contributed by atoms with van der Waals surface area (Å²) < 4.78 is 5.16. The maximum Gasteiger partial charge on any atom is 0.306 e. The second-order valence-electron chi connectivity index (χ2n) is 3.12. The van der Waals surface area contributed by atoms with Crippen LogP contribution >= 0.6 is 0 Å². The van der Waals surface area contributed by atoms with Crippen molar-refractivity contribution in [2.75, 3.05) is 6.61 Å². The van der Waals surface area contributed by atoms with E-state index >= 15 is 0 Å². The van der Waals surface area contributed by atoms with Gasteiger partial charge in [-0.3, -0.25) is 4.79 Å². The van der Waals surface area contributed by atoms with Crippen LogP contribution in [0.5, 0.6) is 0 Å². The Kier molecular flexibility index (Phi) is 2.87. The van der Waals surface area contributed by atoms with Crippen molar-refractivity contribution in [2.45, 2.75) is 31.3 Å². The minimum Gasteiger partial charge on any atom is -0.459 e. The third-order valence-electron chi connectivity index (χ3n) is 2.20. The number of esters is 1. The summed E-state index contributed by atoms with van der Waals surface area (Å²) in [6.45, 7) is 3.66. The van der Waals surface area contributed by atoms with Gasteiger partial charge < -0.3 is 9.84 Å². The summed E-state index contributed by atoms with van der Waals surface area (Å²) in [5.74, 6) is -0.162. The largest absolute Gasteiger partial charge is 0.459 e. The van der Waals surface area contributed by atoms with Gasteiger partial charge in [0.25, 0.3) is 0 Å². The Morgan fingerprint density at radius 1 is 1.75 bits per heavy atom. The maximum atomic E-state index is 10.9. The van der Waals surface area contributed by atoms with Crippen LogP contribution in [0.1, 0.15) is 25.7 Å². The van der Waals surface area contributed by atoms with Crippen LogP contribution in [0.25, 0.3) is 0 Å². The van der Waals surface area contributed by atoms with Crippen LogP contribution in [-0.4, -0.2) is 23.3 Å². The summed E-state index contributed by atoms with van der Waals surface area (Å²) in [5.41, 5.74) is -0.451. The molecule has 3 nitrogen and oxygen atoms in total. The molecule has 1 rings (SSSR count). The second-order valence-corrected chi connectivity index (χ2v) is 3.12. The van der Waals surface area contributed by atoms with Crippen molar-refractivity contribution >= 4 is 5.97 Å². The quantitative estimate of drug-likeness (QED) is 0.506. The number of aliphatic hydroxyl groups excluding tert-OH is 1. The Hall–Kier alpha value is -0.830. The first-order valence-electron chi connectivity index (χ1n) is 4.16. The molecule has 3 heteroatoms. The molecule has 1 saturated heterocycles. The zero-order valence-electron chi connectivity index (χ0n) is 7.08. The molecule has 1 fully saturated rings. The summed E-state index contributed by atoms with van der Waals surface area (Å²) in [6, 6.07) is 0. The Balaban J connectivity index is 2.59. The predicted octanol–water partition coefficient (Wildman–Crippen LogP) is 1.02. The van der Waals surface area contributed by atoms with E-state index in [-0.39, 0.29) is 12.6 Å². The first-order chi connectivity index (χ1) is 5.72. The van der Waals surface area contributed by atoms with Crippen LogP contribution in [0.4, 0.5) is 0 Å². The van der Waals surface area contributed by atoms with Gasteiger partial charge in [-0.05, 0) is 6.42 Å². The SMILES string of the molecule is C=CCC1(CCO)CCC(=O)O1. The maximum absolute atomic E-state index is 10.9. The number of hydrogen-bond donors (Lipinski definition) is 1. The molecule has 0 aromatic heterocycles. The molecular weight excluding hydrogens is 156 g/mol. The summed E-state index contributed by atoms with van der Waals surface area (Å²) in [6.07, 6.45) is 4.06. The molecule has 0 aromatic rings. The van der Waals surface area contributed by atoms with Gasteiger partial charge in [-0.2, -0.15) is 0 Å². The van der Waals surface area contributed by atoms with E-state index in [0.29, 0.717) is 25.7 Å². The lowest BCUT2D eigenvalue weighted by molar-refractivity contribution is -0.149. The van der Waals surface area contributed by atoms with E-state index < -0.39 is 5.60 Å². The normalized spacial score (nSPS) is 28.6. The third-order valence-corrected chi connectivity index (χ3v) is 2.20. The fourth-order valence-corrected chi connectivity index (χ4v) is 1.56. The Labute approximate surface area is 72.0 Å². The molecule has 1 atom stereocenters. The molecule has 12 heavy (non-hydrogen) atoms. The van der Waals surface area contributed by atoms with E-state index in [0.717, 1.165) is 0 Å². The van der Waals surface area contributed by atoms with Crippen LogP contribution in [0.3, 0.4) is 0 Å². The van der Waals surface area contributed by atoms with E-state index in [1.807, 2.05) is 0 Å². The summed E-state index contributed by atoms with van der Waals surface area (Å²) >= 11 is 0. The second kappa shape index (κ2) is 3.72. The standard InChI is InChI=1S/C9H14O3/c1-2-4-9(6-7-10)5-3-8(11)12-9/h2,10H,1,3-7H2. The molecule has 1 aliphatic rings. The highest BCUT2D eigenvalue weighted by Gasteiger charge is 2.38. The van der Waals surface area contributed by atoms with Crippen molar-refractivity contribution in [3.8, 4) is 0 Å². The molecule has 1 heterocycles. The van der Waals surface area contributed by atoms with Crippen molar-refractivity contribution in [1.29, 1.82) is 0 Å². The van der Waals surface area contributed by atoms with E-state index in [1.165, 1.54) is 0 Å². The number of carbonyl (C=O) groups excluding carboxylic acids is 1. The van der Waals surface area contributed by atoms with Gasteiger partial charge >= 0.3 is 5.97 Å². The number of rotatable bonds is 4. The molecule has 0 bridgehead atoms. The number of carbonyl (C=O) groups is 1. The molecule has 1 aliphatic heterocycles. The Morgan fingerprint density at radius 2 is 2.50 bits per heavy atom. The van der Waals surface area contributed by atoms with Gasteiger partial charge in [-0.25, -0.2) is 0 Å². The predicted molar refractivity (Wildman–Crippen MR) is 44.6 cm³/mol. The summed E-state index contributed by atoms with van der Waals surface area (Å²) in [4.78, 5) is 10.9. The summed E-state index contributed by atoms with van der Waals surface area (Å²) in [7, 11) is 0. The zero-order valence-corrected chi connectivity index (χ0v) is 7.08. The highest BCUT2D eigenvalue weighted by Crippen LogP contribution is 2.33. The van der Waals surface area contributed by atoms with E-state index in [9.17, 15) is 4.79 Å². The third kappa shape index (κ3) is 1.85. The molecule has 0 amide bonds. The van der Waals surface area contributed by atoms with Crippen molar-refractivity contribution in [1.82, 2.24) is 0 Å². The number of aliphatic hydroxyl groups is 1. The fraction of sp³-hybridized carbons (Fsp3) is 0.667. The molecular formula is C9H14O3. The fourth-order valence-electron chi connectivity index (χ4n) is 1.56. The van der Waals surface area contributed by atoms with Gasteiger partial charge in [-0.15, -0.1) is 6.58 Å². The van der Waals surface area contributed by atoms with E-state index in [4.69, 9.17) is 9.84 Å². The van der Waals surface area contributed by atoms with Crippen molar-refractivity contribution in [3.05, 3.63) is 12.7 Å². The van der Waals surface area contributed by atoms with Gasteiger partial charge in [-0.1, -0.05) is 6.08 Å². The molecule has 0 aliphatic carbocycles. The average molecular weight is 170 g/mol. The van der Waals surface area contributed by atoms with Crippen LogP contribution in [0, 0.1) is 0 Å². The molecule has 1 N–H and O–H groups in total. The van der Waals surface area contributed by atoms with Gasteiger partial charge in [0.2, 0.25) is 0 Å². The van der Waals surface area contributed by atoms with Crippen molar-refractivity contribution in [3.63, 3.8) is 0 Å². The lowest BCUT2D eigenvalue weighted by Crippen LogP contribution is -2.28. The molecule has 68 valence electrons. The number of cyclic esters (lactones) is 1. The van der Waals surface area contributed by atoms with Gasteiger partial charge in [0.05, 0.1) is 0 Å². The highest BCUT2D eigenvalue weighted by atomic mass is 16.6. The zero-order chi connectivity index (χ0) is 9.03. The first-order valence-corrected chi connectivity index (χ1v) is 4.16. The average Bonchev–Trinajstić information content (AvgIpc) is 2.34. The van der Waals surface area contributed by atoms with Crippen LogP contribution in [0.15, 0.2) is 12.7 Å². The minimum absolute atomic E-state index is 0.0567. The minimum atomic E-state index is -0.451. The highest BCUT2D eigenvalue weighted by molar-refractivity contribution is 5.72.